The fraction of sp³-hybridized carbons (Fsp3) is 0.786. The van der Waals surface area contributed by atoms with Gasteiger partial charge in [-0.1, -0.05) is 26.0 Å². The SMILES string of the molecule is CCOC(=O)c1nnn(CCCCCO)c1C(C)(C)C. The average molecular weight is 283 g/mol. The Hall–Kier alpha value is -1.43. The Bertz CT molecular complexity index is 435. The van der Waals surface area contributed by atoms with Crippen molar-refractivity contribution in [3.05, 3.63) is 11.4 Å². The number of hydrogen-bond acceptors (Lipinski definition) is 5. The van der Waals surface area contributed by atoms with Gasteiger partial charge < -0.3 is 9.84 Å². The molecule has 0 aliphatic carbocycles. The standard InChI is InChI=1S/C14H25N3O3/c1-5-20-13(19)11-12(14(2,3)4)17(16-15-11)9-7-6-8-10-18/h18H,5-10H2,1-4H3. The highest BCUT2D eigenvalue weighted by atomic mass is 16.5. The zero-order valence-electron chi connectivity index (χ0n) is 12.8. The fourth-order valence-electron chi connectivity index (χ4n) is 2.10. The number of aliphatic hydroxyl groups excluding tert-OH is 1. The third-order valence-corrected chi connectivity index (χ3v) is 2.94. The van der Waals surface area contributed by atoms with Gasteiger partial charge in [-0.15, -0.1) is 5.10 Å². The van der Waals surface area contributed by atoms with Crippen LogP contribution in [0.15, 0.2) is 0 Å². The number of aromatic nitrogens is 3. The quantitative estimate of drug-likeness (QED) is 0.611. The Labute approximate surface area is 120 Å². The second-order valence-electron chi connectivity index (χ2n) is 5.76. The summed E-state index contributed by atoms with van der Waals surface area (Å²) in [6, 6.07) is 0. The molecular weight excluding hydrogens is 258 g/mol. The van der Waals surface area contributed by atoms with Gasteiger partial charge in [0.15, 0.2) is 5.69 Å². The van der Waals surface area contributed by atoms with Crippen molar-refractivity contribution in [1.82, 2.24) is 15.0 Å². The minimum atomic E-state index is -0.418. The molecule has 0 aliphatic heterocycles. The molecule has 6 nitrogen and oxygen atoms in total. The van der Waals surface area contributed by atoms with Crippen molar-refractivity contribution < 1.29 is 14.6 Å². The minimum Gasteiger partial charge on any atom is -0.461 e. The lowest BCUT2D eigenvalue weighted by Crippen LogP contribution is -2.22. The van der Waals surface area contributed by atoms with Crippen LogP contribution in [0.25, 0.3) is 0 Å². The Kier molecular flexibility index (Phi) is 6.13. The molecule has 0 unspecified atom stereocenters. The number of nitrogens with zero attached hydrogens (tertiary/aromatic N) is 3. The van der Waals surface area contributed by atoms with E-state index in [2.05, 4.69) is 10.3 Å². The molecule has 1 aromatic heterocycles. The number of unbranched alkanes of at least 4 members (excludes halogenated alkanes) is 2. The minimum absolute atomic E-state index is 0.206. The first-order chi connectivity index (χ1) is 9.41. The van der Waals surface area contributed by atoms with E-state index in [1.165, 1.54) is 0 Å². The molecule has 0 aliphatic rings. The number of aliphatic hydroxyl groups is 1. The molecule has 0 aromatic carbocycles. The molecule has 0 saturated carbocycles. The van der Waals surface area contributed by atoms with Crippen LogP contribution in [0.4, 0.5) is 0 Å². The maximum absolute atomic E-state index is 11.9. The first kappa shape index (κ1) is 16.6. The molecule has 1 aromatic rings. The summed E-state index contributed by atoms with van der Waals surface area (Å²) in [7, 11) is 0. The van der Waals surface area contributed by atoms with E-state index in [1.54, 1.807) is 11.6 Å². The van der Waals surface area contributed by atoms with E-state index in [-0.39, 0.29) is 12.0 Å². The van der Waals surface area contributed by atoms with E-state index < -0.39 is 5.97 Å². The van der Waals surface area contributed by atoms with Crippen LogP contribution >= 0.6 is 0 Å². The lowest BCUT2D eigenvalue weighted by Gasteiger charge is -2.20. The number of aryl methyl sites for hydroxylation is 1. The van der Waals surface area contributed by atoms with E-state index in [1.807, 2.05) is 20.8 Å². The van der Waals surface area contributed by atoms with Crippen molar-refractivity contribution >= 4 is 5.97 Å². The van der Waals surface area contributed by atoms with Crippen molar-refractivity contribution in [2.24, 2.45) is 0 Å². The number of ether oxygens (including phenoxy) is 1. The predicted octanol–water partition coefficient (Wildman–Crippen LogP) is 1.91. The highest BCUT2D eigenvalue weighted by Crippen LogP contribution is 2.25. The summed E-state index contributed by atoms with van der Waals surface area (Å²) in [5.41, 5.74) is 0.879. The molecule has 0 atom stereocenters. The van der Waals surface area contributed by atoms with Crippen molar-refractivity contribution in [3.63, 3.8) is 0 Å². The average Bonchev–Trinajstić information content (AvgIpc) is 2.79. The molecule has 6 heteroatoms. The summed E-state index contributed by atoms with van der Waals surface area (Å²) in [6.45, 7) is 9.08. The molecule has 0 amide bonds. The van der Waals surface area contributed by atoms with Crippen LogP contribution in [-0.4, -0.2) is 39.3 Å². The van der Waals surface area contributed by atoms with Gasteiger partial charge in [0.1, 0.15) is 0 Å². The summed E-state index contributed by atoms with van der Waals surface area (Å²) in [4.78, 5) is 11.9. The number of esters is 1. The normalized spacial score (nSPS) is 11.7. The summed E-state index contributed by atoms with van der Waals surface area (Å²) in [6.07, 6.45) is 2.61. The van der Waals surface area contributed by atoms with Crippen LogP contribution in [0, 0.1) is 0 Å². The van der Waals surface area contributed by atoms with Gasteiger partial charge in [0.25, 0.3) is 0 Å². The third kappa shape index (κ3) is 4.30. The summed E-state index contributed by atoms with van der Waals surface area (Å²) >= 11 is 0. The number of hydrogen-bond donors (Lipinski definition) is 1. The molecule has 0 radical (unpaired) electrons. The van der Waals surface area contributed by atoms with Crippen LogP contribution in [-0.2, 0) is 16.7 Å². The molecule has 0 saturated heterocycles. The highest BCUT2D eigenvalue weighted by Gasteiger charge is 2.29. The van der Waals surface area contributed by atoms with Crippen molar-refractivity contribution in [2.45, 2.75) is 58.9 Å². The number of carbonyl (C=O) groups is 1. The Morgan fingerprint density at radius 1 is 1.30 bits per heavy atom. The largest absolute Gasteiger partial charge is 0.461 e. The molecule has 114 valence electrons. The zero-order valence-corrected chi connectivity index (χ0v) is 12.8. The topological polar surface area (TPSA) is 77.2 Å². The van der Waals surface area contributed by atoms with Gasteiger partial charge in [-0.2, -0.15) is 0 Å². The maximum atomic E-state index is 11.9. The van der Waals surface area contributed by atoms with Gasteiger partial charge in [0.05, 0.1) is 12.3 Å². The Balaban J connectivity index is 2.92. The molecule has 0 spiro atoms. The Morgan fingerprint density at radius 3 is 2.55 bits per heavy atom. The number of carbonyl (C=O) groups excluding carboxylic acids is 1. The van der Waals surface area contributed by atoms with Crippen molar-refractivity contribution in [1.29, 1.82) is 0 Å². The second kappa shape index (κ2) is 7.38. The molecular formula is C14H25N3O3. The third-order valence-electron chi connectivity index (χ3n) is 2.94. The maximum Gasteiger partial charge on any atom is 0.360 e. The van der Waals surface area contributed by atoms with Crippen molar-refractivity contribution in [3.8, 4) is 0 Å². The van der Waals surface area contributed by atoms with Gasteiger partial charge in [0.2, 0.25) is 0 Å². The molecule has 0 fully saturated rings. The molecule has 0 bridgehead atoms. The van der Waals surface area contributed by atoms with Gasteiger partial charge >= 0.3 is 5.97 Å². The van der Waals surface area contributed by atoms with E-state index in [0.29, 0.717) is 18.8 Å². The lowest BCUT2D eigenvalue weighted by molar-refractivity contribution is 0.0516. The van der Waals surface area contributed by atoms with Crippen LogP contribution in [0.1, 0.15) is 63.1 Å². The molecule has 1 heterocycles. The Morgan fingerprint density at radius 2 is 2.00 bits per heavy atom. The molecule has 1 N–H and O–H groups in total. The second-order valence-corrected chi connectivity index (χ2v) is 5.76. The van der Waals surface area contributed by atoms with Gasteiger partial charge in [-0.3, -0.25) is 0 Å². The smallest absolute Gasteiger partial charge is 0.360 e. The van der Waals surface area contributed by atoms with Crippen LogP contribution < -0.4 is 0 Å². The van der Waals surface area contributed by atoms with Crippen LogP contribution in [0.3, 0.4) is 0 Å². The first-order valence-corrected chi connectivity index (χ1v) is 7.13. The first-order valence-electron chi connectivity index (χ1n) is 7.13. The van der Waals surface area contributed by atoms with Crippen molar-refractivity contribution in [2.75, 3.05) is 13.2 Å². The van der Waals surface area contributed by atoms with Crippen LogP contribution in [0.5, 0.6) is 0 Å². The predicted molar refractivity (Wildman–Crippen MR) is 75.6 cm³/mol. The van der Waals surface area contributed by atoms with E-state index >= 15 is 0 Å². The highest BCUT2D eigenvalue weighted by molar-refractivity contribution is 5.88. The molecule has 1 rings (SSSR count). The fourth-order valence-corrected chi connectivity index (χ4v) is 2.10. The lowest BCUT2D eigenvalue weighted by atomic mass is 9.90. The monoisotopic (exact) mass is 283 g/mol. The van der Waals surface area contributed by atoms with E-state index in [4.69, 9.17) is 9.84 Å². The number of rotatable bonds is 7. The van der Waals surface area contributed by atoms with Gasteiger partial charge in [-0.05, 0) is 26.2 Å². The summed E-state index contributed by atoms with van der Waals surface area (Å²) in [5.74, 6) is -0.418. The van der Waals surface area contributed by atoms with E-state index in [0.717, 1.165) is 25.0 Å². The summed E-state index contributed by atoms with van der Waals surface area (Å²) in [5, 5.41) is 16.9. The summed E-state index contributed by atoms with van der Waals surface area (Å²) < 4.78 is 6.81. The van der Waals surface area contributed by atoms with E-state index in [9.17, 15) is 4.79 Å². The van der Waals surface area contributed by atoms with Gasteiger partial charge in [-0.25, -0.2) is 9.48 Å². The zero-order chi connectivity index (χ0) is 15.2. The van der Waals surface area contributed by atoms with Crippen LogP contribution in [0.2, 0.25) is 0 Å². The molecule has 20 heavy (non-hydrogen) atoms. The van der Waals surface area contributed by atoms with Gasteiger partial charge in [0, 0.05) is 18.6 Å².